The maximum Gasteiger partial charge on any atom is 0.105 e. The molecule has 0 aliphatic rings. The standard InChI is InChI=1S/C23H32O2Si/c1-19(21-12-8-6-9-13-21)16-20(2)26(4,5)18-25-17-23(24-3)22-14-10-7-11-15-22/h6-16,19,23H,17-18H2,1-5H3/b20-16+/t19-,23-/m1/s1. The van der Waals surface area contributed by atoms with Crippen molar-refractivity contribution in [2.24, 2.45) is 0 Å². The fourth-order valence-corrected chi connectivity index (χ4v) is 4.51. The maximum absolute atomic E-state index is 6.11. The van der Waals surface area contributed by atoms with E-state index in [2.05, 4.69) is 75.5 Å². The van der Waals surface area contributed by atoms with Crippen molar-refractivity contribution in [3.63, 3.8) is 0 Å². The van der Waals surface area contributed by atoms with E-state index in [1.807, 2.05) is 18.2 Å². The van der Waals surface area contributed by atoms with Crippen LogP contribution < -0.4 is 0 Å². The topological polar surface area (TPSA) is 18.5 Å². The Bertz CT molecular complexity index is 680. The van der Waals surface area contributed by atoms with Crippen molar-refractivity contribution in [3.8, 4) is 0 Å². The fraction of sp³-hybridized carbons (Fsp3) is 0.391. The molecule has 0 aliphatic carbocycles. The molecule has 2 atom stereocenters. The van der Waals surface area contributed by atoms with Crippen molar-refractivity contribution < 1.29 is 9.47 Å². The first-order valence-corrected chi connectivity index (χ1v) is 12.5. The summed E-state index contributed by atoms with van der Waals surface area (Å²) in [5.41, 5.74) is 2.53. The molecular formula is C23H32O2Si. The van der Waals surface area contributed by atoms with Gasteiger partial charge in [0.15, 0.2) is 0 Å². The molecule has 140 valence electrons. The molecule has 0 bridgehead atoms. The zero-order valence-corrected chi connectivity index (χ0v) is 17.7. The average molecular weight is 369 g/mol. The number of ether oxygens (including phenoxy) is 2. The van der Waals surface area contributed by atoms with Crippen LogP contribution in [0.1, 0.15) is 37.0 Å². The van der Waals surface area contributed by atoms with Crippen LogP contribution in [0.5, 0.6) is 0 Å². The van der Waals surface area contributed by atoms with Crippen LogP contribution in [0.4, 0.5) is 0 Å². The SMILES string of the molecule is CO[C@H](COC[Si](C)(C)/C(C)=C/[C@@H](C)c1ccccc1)c1ccccc1. The van der Waals surface area contributed by atoms with Crippen LogP contribution in [-0.2, 0) is 9.47 Å². The lowest BCUT2D eigenvalue weighted by molar-refractivity contribution is 0.0199. The normalized spacial score (nSPS) is 14.9. The Morgan fingerprint density at radius 2 is 1.50 bits per heavy atom. The summed E-state index contributed by atoms with van der Waals surface area (Å²) in [6.07, 6.45) is 3.22. The van der Waals surface area contributed by atoms with Gasteiger partial charge in [-0.1, -0.05) is 92.0 Å². The Morgan fingerprint density at radius 1 is 0.962 bits per heavy atom. The third-order valence-electron chi connectivity index (χ3n) is 5.08. The van der Waals surface area contributed by atoms with Crippen LogP contribution >= 0.6 is 0 Å². The first-order valence-electron chi connectivity index (χ1n) is 9.33. The molecule has 2 aromatic carbocycles. The third-order valence-corrected chi connectivity index (χ3v) is 8.31. The van der Waals surface area contributed by atoms with E-state index < -0.39 is 8.07 Å². The smallest absolute Gasteiger partial charge is 0.105 e. The Kier molecular flexibility index (Phi) is 7.82. The van der Waals surface area contributed by atoms with Crippen LogP contribution in [0.2, 0.25) is 13.1 Å². The van der Waals surface area contributed by atoms with E-state index in [0.29, 0.717) is 12.5 Å². The average Bonchev–Trinajstić information content (AvgIpc) is 2.66. The molecular weight excluding hydrogens is 336 g/mol. The number of rotatable bonds is 9. The summed E-state index contributed by atoms with van der Waals surface area (Å²) in [7, 11) is 0.147. The highest BCUT2D eigenvalue weighted by molar-refractivity contribution is 6.84. The van der Waals surface area contributed by atoms with Gasteiger partial charge in [-0.3, -0.25) is 0 Å². The van der Waals surface area contributed by atoms with E-state index in [1.54, 1.807) is 7.11 Å². The summed E-state index contributed by atoms with van der Waals surface area (Å²) >= 11 is 0. The Hall–Kier alpha value is -1.68. The molecule has 0 saturated heterocycles. The second-order valence-electron chi connectivity index (χ2n) is 7.58. The van der Waals surface area contributed by atoms with Crippen LogP contribution in [0.15, 0.2) is 71.9 Å². The Morgan fingerprint density at radius 3 is 2.04 bits per heavy atom. The maximum atomic E-state index is 6.11. The fourth-order valence-electron chi connectivity index (χ4n) is 2.96. The minimum Gasteiger partial charge on any atom is -0.381 e. The van der Waals surface area contributed by atoms with Gasteiger partial charge in [0, 0.05) is 13.3 Å². The lowest BCUT2D eigenvalue weighted by atomic mass is 10.0. The first kappa shape index (κ1) is 20.6. The molecule has 0 amide bonds. The monoisotopic (exact) mass is 368 g/mol. The number of hydrogen-bond donors (Lipinski definition) is 0. The summed E-state index contributed by atoms with van der Waals surface area (Å²) in [5, 5.41) is 1.49. The van der Waals surface area contributed by atoms with Crippen LogP contribution in [0, 0.1) is 0 Å². The number of hydrogen-bond acceptors (Lipinski definition) is 2. The summed E-state index contributed by atoms with van der Waals surface area (Å²) in [6.45, 7) is 9.88. The molecule has 2 rings (SSSR count). The summed E-state index contributed by atoms with van der Waals surface area (Å²) < 4.78 is 11.7. The highest BCUT2D eigenvalue weighted by Crippen LogP contribution is 2.24. The third kappa shape index (κ3) is 5.94. The second-order valence-corrected chi connectivity index (χ2v) is 12.4. The van der Waals surface area contributed by atoms with Gasteiger partial charge in [0.05, 0.1) is 6.61 Å². The highest BCUT2D eigenvalue weighted by Gasteiger charge is 2.25. The summed E-state index contributed by atoms with van der Waals surface area (Å²) in [5.74, 6) is 0.430. The molecule has 2 aromatic rings. The Balaban J connectivity index is 1.93. The predicted octanol–water partition coefficient (Wildman–Crippen LogP) is 5.93. The summed E-state index contributed by atoms with van der Waals surface area (Å²) in [4.78, 5) is 0. The molecule has 0 aromatic heterocycles. The minimum atomic E-state index is -1.60. The minimum absolute atomic E-state index is 0.00599. The zero-order chi connectivity index (χ0) is 19.0. The van der Waals surface area contributed by atoms with Crippen molar-refractivity contribution >= 4 is 8.07 Å². The van der Waals surface area contributed by atoms with Crippen molar-refractivity contribution in [1.82, 2.24) is 0 Å². The Labute approximate surface area is 159 Å². The molecule has 0 unspecified atom stereocenters. The van der Waals surface area contributed by atoms with E-state index in [9.17, 15) is 0 Å². The number of benzene rings is 2. The molecule has 0 heterocycles. The molecule has 0 radical (unpaired) electrons. The van der Waals surface area contributed by atoms with Gasteiger partial charge < -0.3 is 9.47 Å². The largest absolute Gasteiger partial charge is 0.381 e. The molecule has 26 heavy (non-hydrogen) atoms. The van der Waals surface area contributed by atoms with Gasteiger partial charge in [0.1, 0.15) is 14.2 Å². The summed E-state index contributed by atoms with van der Waals surface area (Å²) in [6, 6.07) is 21.0. The van der Waals surface area contributed by atoms with Gasteiger partial charge in [0.2, 0.25) is 0 Å². The molecule has 2 nitrogen and oxygen atoms in total. The first-order chi connectivity index (χ1) is 12.4. The van der Waals surface area contributed by atoms with Gasteiger partial charge in [0.25, 0.3) is 0 Å². The van der Waals surface area contributed by atoms with Gasteiger partial charge >= 0.3 is 0 Å². The van der Waals surface area contributed by atoms with Crippen molar-refractivity contribution in [1.29, 1.82) is 0 Å². The quantitative estimate of drug-likeness (QED) is 0.511. The van der Waals surface area contributed by atoms with Gasteiger partial charge in [-0.15, -0.1) is 0 Å². The molecule has 0 spiro atoms. The zero-order valence-electron chi connectivity index (χ0n) is 16.7. The van der Waals surface area contributed by atoms with Gasteiger partial charge in [-0.05, 0) is 24.0 Å². The molecule has 3 heteroatoms. The van der Waals surface area contributed by atoms with Crippen LogP contribution in [0.25, 0.3) is 0 Å². The van der Waals surface area contributed by atoms with Gasteiger partial charge in [-0.2, -0.15) is 0 Å². The number of allylic oxidation sites excluding steroid dienone is 2. The second kappa shape index (κ2) is 9.86. The molecule has 0 fully saturated rings. The van der Waals surface area contributed by atoms with E-state index in [4.69, 9.17) is 9.47 Å². The molecule has 0 saturated carbocycles. The molecule has 0 N–H and O–H groups in total. The van der Waals surface area contributed by atoms with E-state index in [-0.39, 0.29) is 6.10 Å². The van der Waals surface area contributed by atoms with Crippen LogP contribution in [-0.4, -0.2) is 28.0 Å². The lowest BCUT2D eigenvalue weighted by Gasteiger charge is -2.26. The lowest BCUT2D eigenvalue weighted by Crippen LogP contribution is -2.36. The van der Waals surface area contributed by atoms with Crippen molar-refractivity contribution in [3.05, 3.63) is 83.1 Å². The van der Waals surface area contributed by atoms with E-state index in [1.165, 1.54) is 16.3 Å². The highest BCUT2D eigenvalue weighted by atomic mass is 28.3. The van der Waals surface area contributed by atoms with Crippen molar-refractivity contribution in [2.45, 2.75) is 39.0 Å². The van der Waals surface area contributed by atoms with Crippen LogP contribution in [0.3, 0.4) is 0 Å². The van der Waals surface area contributed by atoms with Gasteiger partial charge in [-0.25, -0.2) is 0 Å². The predicted molar refractivity (Wildman–Crippen MR) is 113 cm³/mol. The van der Waals surface area contributed by atoms with E-state index >= 15 is 0 Å². The molecule has 0 aliphatic heterocycles. The van der Waals surface area contributed by atoms with E-state index in [0.717, 1.165) is 6.23 Å². The van der Waals surface area contributed by atoms with Crippen molar-refractivity contribution in [2.75, 3.05) is 19.9 Å². The number of methoxy groups -OCH3 is 1.